The monoisotopic (exact) mass is 305 g/mol. The van der Waals surface area contributed by atoms with E-state index in [2.05, 4.69) is 5.32 Å². The molecule has 3 nitrogen and oxygen atoms in total. The Morgan fingerprint density at radius 1 is 1.10 bits per heavy atom. The van der Waals surface area contributed by atoms with Crippen LogP contribution in [-0.2, 0) is 0 Å². The Labute approximate surface area is 130 Å². The van der Waals surface area contributed by atoms with Crippen molar-refractivity contribution in [1.29, 1.82) is 0 Å². The van der Waals surface area contributed by atoms with Crippen molar-refractivity contribution in [3.63, 3.8) is 0 Å². The molecular formula is C17H20ClNO2. The van der Waals surface area contributed by atoms with E-state index in [1.165, 1.54) is 0 Å². The molecule has 2 aromatic rings. The van der Waals surface area contributed by atoms with Crippen LogP contribution in [0.5, 0.6) is 5.75 Å². The molecule has 112 valence electrons. The molecule has 0 radical (unpaired) electrons. The minimum atomic E-state index is -0.574. The highest BCUT2D eigenvalue weighted by molar-refractivity contribution is 6.31. The zero-order valence-corrected chi connectivity index (χ0v) is 12.8. The van der Waals surface area contributed by atoms with Gasteiger partial charge in [0.15, 0.2) is 0 Å². The van der Waals surface area contributed by atoms with Gasteiger partial charge in [0.2, 0.25) is 0 Å². The van der Waals surface area contributed by atoms with Crippen LogP contribution in [-0.4, -0.2) is 24.4 Å². The second-order valence-electron chi connectivity index (χ2n) is 4.93. The summed E-state index contributed by atoms with van der Waals surface area (Å²) in [6.45, 7) is 2.72. The molecule has 0 aromatic heterocycles. The first-order valence-electron chi connectivity index (χ1n) is 7.00. The van der Waals surface area contributed by atoms with Gasteiger partial charge in [0.25, 0.3) is 0 Å². The normalized spacial score (nSPS) is 13.7. The van der Waals surface area contributed by atoms with Crippen LogP contribution in [0.3, 0.4) is 0 Å². The van der Waals surface area contributed by atoms with Gasteiger partial charge in [0, 0.05) is 17.6 Å². The highest BCUT2D eigenvalue weighted by Crippen LogP contribution is 2.21. The molecule has 0 saturated heterocycles. The van der Waals surface area contributed by atoms with Gasteiger partial charge in [0.05, 0.1) is 0 Å². The van der Waals surface area contributed by atoms with E-state index >= 15 is 0 Å². The van der Waals surface area contributed by atoms with Gasteiger partial charge >= 0.3 is 0 Å². The molecule has 0 heterocycles. The summed E-state index contributed by atoms with van der Waals surface area (Å²) in [5.41, 5.74) is 1.02. The fourth-order valence-electron chi connectivity index (χ4n) is 2.02. The van der Waals surface area contributed by atoms with Crippen molar-refractivity contribution in [2.75, 3.05) is 13.2 Å². The largest absolute Gasteiger partial charge is 0.491 e. The van der Waals surface area contributed by atoms with Crippen LogP contribution in [0.25, 0.3) is 0 Å². The third kappa shape index (κ3) is 5.05. The Hall–Kier alpha value is -1.55. The van der Waals surface area contributed by atoms with Gasteiger partial charge in [-0.3, -0.25) is 0 Å². The molecular weight excluding hydrogens is 286 g/mol. The van der Waals surface area contributed by atoms with Crippen molar-refractivity contribution < 1.29 is 9.84 Å². The van der Waals surface area contributed by atoms with E-state index in [9.17, 15) is 5.11 Å². The molecule has 21 heavy (non-hydrogen) atoms. The number of hydrogen-bond donors (Lipinski definition) is 2. The summed E-state index contributed by atoms with van der Waals surface area (Å²) in [6, 6.07) is 17.2. The summed E-state index contributed by atoms with van der Waals surface area (Å²) >= 11 is 6.15. The van der Waals surface area contributed by atoms with Crippen molar-refractivity contribution in [1.82, 2.24) is 5.32 Å². The molecule has 2 atom stereocenters. The van der Waals surface area contributed by atoms with E-state index in [4.69, 9.17) is 16.3 Å². The number of benzene rings is 2. The molecule has 2 aromatic carbocycles. The van der Waals surface area contributed by atoms with E-state index in [-0.39, 0.29) is 12.6 Å². The van der Waals surface area contributed by atoms with E-state index < -0.39 is 6.10 Å². The van der Waals surface area contributed by atoms with Crippen LogP contribution < -0.4 is 10.1 Å². The Balaban J connectivity index is 1.76. The molecule has 0 aliphatic rings. The molecule has 0 fully saturated rings. The standard InChI is InChI=1S/C17H20ClNO2/c1-13(16-9-5-6-10-17(16)18)19-11-14(20)12-21-15-7-3-2-4-8-15/h2-10,13-14,19-20H,11-12H2,1H3/t13-,14?/m0/s1. The number of hydrogen-bond acceptors (Lipinski definition) is 3. The van der Waals surface area contributed by atoms with Crippen LogP contribution in [0, 0.1) is 0 Å². The molecule has 0 bridgehead atoms. The van der Waals surface area contributed by atoms with Crippen molar-refractivity contribution in [3.05, 3.63) is 65.2 Å². The highest BCUT2D eigenvalue weighted by atomic mass is 35.5. The number of para-hydroxylation sites is 1. The number of aliphatic hydroxyl groups is 1. The topological polar surface area (TPSA) is 41.5 Å². The lowest BCUT2D eigenvalue weighted by Gasteiger charge is -2.18. The van der Waals surface area contributed by atoms with E-state index in [0.717, 1.165) is 16.3 Å². The maximum atomic E-state index is 9.96. The van der Waals surface area contributed by atoms with Crippen LogP contribution >= 0.6 is 11.6 Å². The molecule has 2 N–H and O–H groups in total. The number of rotatable bonds is 7. The third-order valence-electron chi connectivity index (χ3n) is 3.22. The van der Waals surface area contributed by atoms with E-state index in [1.807, 2.05) is 61.5 Å². The smallest absolute Gasteiger partial charge is 0.119 e. The molecule has 4 heteroatoms. The van der Waals surface area contributed by atoms with Crippen LogP contribution in [0.2, 0.25) is 5.02 Å². The molecule has 2 rings (SSSR count). The second kappa shape index (κ2) is 8.03. The van der Waals surface area contributed by atoms with Crippen LogP contribution in [0.1, 0.15) is 18.5 Å². The van der Waals surface area contributed by atoms with Gasteiger partial charge in [-0.2, -0.15) is 0 Å². The number of halogens is 1. The second-order valence-corrected chi connectivity index (χ2v) is 5.34. The van der Waals surface area contributed by atoms with Gasteiger partial charge < -0.3 is 15.2 Å². The molecule has 1 unspecified atom stereocenters. The minimum absolute atomic E-state index is 0.0741. The van der Waals surface area contributed by atoms with E-state index in [1.54, 1.807) is 0 Å². The predicted molar refractivity (Wildman–Crippen MR) is 85.8 cm³/mol. The van der Waals surface area contributed by atoms with Crippen molar-refractivity contribution in [2.45, 2.75) is 19.1 Å². The van der Waals surface area contributed by atoms with E-state index in [0.29, 0.717) is 6.54 Å². The van der Waals surface area contributed by atoms with Gasteiger partial charge in [-0.05, 0) is 30.7 Å². The fourth-order valence-corrected chi connectivity index (χ4v) is 2.32. The van der Waals surface area contributed by atoms with Crippen LogP contribution in [0.15, 0.2) is 54.6 Å². The molecule has 0 aliphatic heterocycles. The summed E-state index contributed by atoms with van der Waals surface area (Å²) in [7, 11) is 0. The minimum Gasteiger partial charge on any atom is -0.491 e. The number of nitrogens with one attached hydrogen (secondary N) is 1. The fraction of sp³-hybridized carbons (Fsp3) is 0.294. The molecule has 0 spiro atoms. The lowest BCUT2D eigenvalue weighted by atomic mass is 10.1. The first-order valence-corrected chi connectivity index (χ1v) is 7.38. The Morgan fingerprint density at radius 2 is 1.76 bits per heavy atom. The van der Waals surface area contributed by atoms with Crippen molar-refractivity contribution in [2.24, 2.45) is 0 Å². The number of ether oxygens (including phenoxy) is 1. The third-order valence-corrected chi connectivity index (χ3v) is 3.56. The summed E-state index contributed by atoms with van der Waals surface area (Å²) in [5.74, 6) is 0.760. The zero-order valence-electron chi connectivity index (χ0n) is 12.0. The average molecular weight is 306 g/mol. The van der Waals surface area contributed by atoms with Gasteiger partial charge in [-0.1, -0.05) is 48.0 Å². The van der Waals surface area contributed by atoms with Crippen LogP contribution in [0.4, 0.5) is 0 Å². The summed E-state index contributed by atoms with van der Waals surface area (Å²) < 4.78 is 5.51. The molecule has 0 aliphatic carbocycles. The van der Waals surface area contributed by atoms with Crippen molar-refractivity contribution in [3.8, 4) is 5.75 Å². The maximum Gasteiger partial charge on any atom is 0.119 e. The Kier molecular flexibility index (Phi) is 6.05. The van der Waals surface area contributed by atoms with Gasteiger partial charge in [-0.25, -0.2) is 0 Å². The summed E-state index contributed by atoms with van der Waals surface area (Å²) in [4.78, 5) is 0. The lowest BCUT2D eigenvalue weighted by Crippen LogP contribution is -2.33. The Bertz CT molecular complexity index is 547. The molecule has 0 amide bonds. The van der Waals surface area contributed by atoms with Gasteiger partial charge in [-0.15, -0.1) is 0 Å². The summed E-state index contributed by atoms with van der Waals surface area (Å²) in [6.07, 6.45) is -0.574. The Morgan fingerprint density at radius 3 is 2.48 bits per heavy atom. The maximum absolute atomic E-state index is 9.96. The first-order chi connectivity index (χ1) is 10.2. The quantitative estimate of drug-likeness (QED) is 0.823. The zero-order chi connectivity index (χ0) is 15.1. The molecule has 0 saturated carbocycles. The number of aliphatic hydroxyl groups excluding tert-OH is 1. The highest BCUT2D eigenvalue weighted by Gasteiger charge is 2.11. The van der Waals surface area contributed by atoms with Gasteiger partial charge in [0.1, 0.15) is 18.5 Å². The lowest BCUT2D eigenvalue weighted by molar-refractivity contribution is 0.104. The summed E-state index contributed by atoms with van der Waals surface area (Å²) in [5, 5.41) is 13.9. The SMILES string of the molecule is C[C@H](NCC(O)COc1ccccc1)c1ccccc1Cl. The predicted octanol–water partition coefficient (Wildman–Crippen LogP) is 3.43. The van der Waals surface area contributed by atoms with Crippen molar-refractivity contribution >= 4 is 11.6 Å². The average Bonchev–Trinajstić information content (AvgIpc) is 2.52. The first kappa shape index (κ1) is 15.8.